The molecule has 0 spiro atoms. The summed E-state index contributed by atoms with van der Waals surface area (Å²) < 4.78 is 5.36. The van der Waals surface area contributed by atoms with E-state index in [-0.39, 0.29) is 30.3 Å². The van der Waals surface area contributed by atoms with Gasteiger partial charge in [0.25, 0.3) is 0 Å². The van der Waals surface area contributed by atoms with E-state index in [2.05, 4.69) is 0 Å². The zero-order chi connectivity index (χ0) is 14.2. The molecular formula is C14H21NO4. The zero-order valence-electron chi connectivity index (χ0n) is 11.6. The van der Waals surface area contributed by atoms with E-state index in [1.165, 1.54) is 0 Å². The van der Waals surface area contributed by atoms with Gasteiger partial charge in [-0.25, -0.2) is 4.79 Å². The first kappa shape index (κ1) is 13.9. The summed E-state index contributed by atoms with van der Waals surface area (Å²) in [4.78, 5) is 24.6. The Balaban J connectivity index is 1.97. The van der Waals surface area contributed by atoms with Crippen molar-refractivity contribution in [2.75, 3.05) is 13.1 Å². The Morgan fingerprint density at radius 3 is 2.21 bits per heavy atom. The van der Waals surface area contributed by atoms with Crippen molar-refractivity contribution in [1.82, 2.24) is 4.90 Å². The number of carboxylic acid groups (broad SMARTS) is 1. The van der Waals surface area contributed by atoms with Crippen LogP contribution in [0.1, 0.15) is 27.2 Å². The molecule has 0 aromatic rings. The third-order valence-electron chi connectivity index (χ3n) is 3.63. The van der Waals surface area contributed by atoms with E-state index < -0.39 is 11.6 Å². The van der Waals surface area contributed by atoms with Crippen LogP contribution < -0.4 is 0 Å². The normalized spacial score (nSPS) is 29.4. The lowest BCUT2D eigenvalue weighted by atomic mass is 9.82. The van der Waals surface area contributed by atoms with Gasteiger partial charge in [-0.15, -0.1) is 0 Å². The molecule has 0 aromatic heterocycles. The second-order valence-corrected chi connectivity index (χ2v) is 6.36. The minimum Gasteiger partial charge on any atom is -0.481 e. The summed E-state index contributed by atoms with van der Waals surface area (Å²) in [5.74, 6) is -0.365. The van der Waals surface area contributed by atoms with Gasteiger partial charge in [-0.05, 0) is 38.5 Å². The lowest BCUT2D eigenvalue weighted by Gasteiger charge is -2.38. The Kier molecular flexibility index (Phi) is 3.56. The molecule has 0 saturated carbocycles. The number of nitrogens with zero attached hydrogens (tertiary/aromatic N) is 1. The number of carbonyl (C=O) groups is 2. The van der Waals surface area contributed by atoms with Crippen molar-refractivity contribution in [2.24, 2.45) is 17.8 Å². The van der Waals surface area contributed by atoms with Crippen LogP contribution >= 0.6 is 0 Å². The zero-order valence-corrected chi connectivity index (χ0v) is 11.6. The quantitative estimate of drug-likeness (QED) is 0.778. The molecule has 0 aromatic carbocycles. The van der Waals surface area contributed by atoms with Crippen LogP contribution in [0, 0.1) is 17.8 Å². The molecule has 5 nitrogen and oxygen atoms in total. The third-order valence-corrected chi connectivity index (χ3v) is 3.63. The Labute approximate surface area is 113 Å². The van der Waals surface area contributed by atoms with Crippen LogP contribution in [0.4, 0.5) is 4.79 Å². The molecule has 1 saturated heterocycles. The molecule has 1 aliphatic carbocycles. The highest BCUT2D eigenvalue weighted by atomic mass is 16.6. The molecule has 1 aliphatic heterocycles. The largest absolute Gasteiger partial charge is 0.481 e. The van der Waals surface area contributed by atoms with Crippen LogP contribution in [-0.2, 0) is 9.53 Å². The summed E-state index contributed by atoms with van der Waals surface area (Å²) in [6.45, 7) is 6.64. The molecule has 2 aliphatic rings. The van der Waals surface area contributed by atoms with Crippen molar-refractivity contribution in [3.05, 3.63) is 12.2 Å². The number of rotatable bonds is 2. The van der Waals surface area contributed by atoms with Gasteiger partial charge >= 0.3 is 12.1 Å². The molecular weight excluding hydrogens is 246 g/mol. The average molecular weight is 267 g/mol. The molecule has 19 heavy (non-hydrogen) atoms. The molecule has 2 bridgehead atoms. The van der Waals surface area contributed by atoms with Crippen LogP contribution in [0.25, 0.3) is 0 Å². The molecule has 1 amide bonds. The lowest BCUT2D eigenvalue weighted by Crippen LogP contribution is -2.47. The van der Waals surface area contributed by atoms with E-state index in [0.717, 1.165) is 0 Å². The highest BCUT2D eigenvalue weighted by Gasteiger charge is 2.41. The van der Waals surface area contributed by atoms with Crippen molar-refractivity contribution in [3.63, 3.8) is 0 Å². The summed E-state index contributed by atoms with van der Waals surface area (Å²) >= 11 is 0. The highest BCUT2D eigenvalue weighted by Crippen LogP contribution is 2.39. The van der Waals surface area contributed by atoms with Gasteiger partial charge in [0, 0.05) is 19.5 Å². The number of ether oxygens (including phenoxy) is 1. The maximum atomic E-state index is 12.0. The Hall–Kier alpha value is -1.52. The molecule has 1 heterocycles. The fourth-order valence-electron chi connectivity index (χ4n) is 2.84. The van der Waals surface area contributed by atoms with Gasteiger partial charge in [-0.3, -0.25) is 4.79 Å². The molecule has 1 N–H and O–H groups in total. The van der Waals surface area contributed by atoms with E-state index in [1.54, 1.807) is 4.90 Å². The van der Waals surface area contributed by atoms with E-state index in [1.807, 2.05) is 32.9 Å². The van der Waals surface area contributed by atoms with Crippen LogP contribution in [-0.4, -0.2) is 40.8 Å². The van der Waals surface area contributed by atoms with E-state index in [0.29, 0.717) is 13.1 Å². The fourth-order valence-corrected chi connectivity index (χ4v) is 2.84. The van der Waals surface area contributed by atoms with Crippen LogP contribution in [0.2, 0.25) is 0 Å². The molecule has 5 heteroatoms. The molecule has 1 fully saturated rings. The summed E-state index contributed by atoms with van der Waals surface area (Å²) in [7, 11) is 0. The minimum absolute atomic E-state index is 0.121. The van der Waals surface area contributed by atoms with Crippen LogP contribution in [0.5, 0.6) is 0 Å². The topological polar surface area (TPSA) is 66.8 Å². The predicted molar refractivity (Wildman–Crippen MR) is 69.7 cm³/mol. The predicted octanol–water partition coefficient (Wildman–Crippen LogP) is 2.13. The number of aliphatic carboxylic acids is 1. The number of likely N-dealkylation sites (tertiary alicyclic amines) is 1. The first-order valence-corrected chi connectivity index (χ1v) is 6.64. The monoisotopic (exact) mass is 267 g/mol. The molecule has 0 radical (unpaired) electrons. The van der Waals surface area contributed by atoms with Gasteiger partial charge in [-0.2, -0.15) is 0 Å². The van der Waals surface area contributed by atoms with Crippen molar-refractivity contribution < 1.29 is 19.4 Å². The Bertz CT molecular complexity index is 394. The number of carboxylic acids is 1. The Morgan fingerprint density at radius 1 is 1.26 bits per heavy atom. The van der Waals surface area contributed by atoms with Crippen molar-refractivity contribution >= 4 is 12.1 Å². The maximum absolute atomic E-state index is 12.0. The lowest BCUT2D eigenvalue weighted by molar-refractivity contribution is -0.139. The second kappa shape index (κ2) is 4.87. The van der Waals surface area contributed by atoms with E-state index in [4.69, 9.17) is 9.84 Å². The fraction of sp³-hybridized carbons (Fsp3) is 0.714. The Morgan fingerprint density at radius 2 is 1.79 bits per heavy atom. The first-order valence-electron chi connectivity index (χ1n) is 6.64. The van der Waals surface area contributed by atoms with Gasteiger partial charge in [0.15, 0.2) is 0 Å². The number of carbonyl (C=O) groups excluding carboxylic acids is 1. The summed E-state index contributed by atoms with van der Waals surface area (Å²) in [5, 5.41) is 8.92. The number of hydrogen-bond acceptors (Lipinski definition) is 3. The SMILES string of the molecule is CC(C)(C)OC(=O)N1C[C@H]2C=C[C@@H](C1)C2CC(=O)O. The van der Waals surface area contributed by atoms with Gasteiger partial charge in [0.1, 0.15) is 5.60 Å². The standard InChI is InChI=1S/C14H21NO4/c1-14(2,3)19-13(18)15-7-9-4-5-10(8-15)11(9)6-12(16)17/h4-5,9-11H,6-8H2,1-3H3,(H,16,17)/t9-,10+,11?. The minimum atomic E-state index is -0.769. The van der Waals surface area contributed by atoms with Crippen molar-refractivity contribution in [2.45, 2.75) is 32.8 Å². The first-order chi connectivity index (χ1) is 8.76. The number of hydrogen-bond donors (Lipinski definition) is 1. The molecule has 106 valence electrons. The van der Waals surface area contributed by atoms with Crippen molar-refractivity contribution in [1.29, 1.82) is 0 Å². The second-order valence-electron chi connectivity index (χ2n) is 6.36. The maximum Gasteiger partial charge on any atom is 0.410 e. The van der Waals surface area contributed by atoms with Crippen molar-refractivity contribution in [3.8, 4) is 0 Å². The third kappa shape index (κ3) is 3.28. The average Bonchev–Trinajstić information content (AvgIpc) is 2.48. The van der Waals surface area contributed by atoms with Crippen LogP contribution in [0.3, 0.4) is 0 Å². The smallest absolute Gasteiger partial charge is 0.410 e. The van der Waals surface area contributed by atoms with Gasteiger partial charge < -0.3 is 14.7 Å². The summed E-state index contributed by atoms with van der Waals surface area (Å²) in [6.07, 6.45) is 3.95. The van der Waals surface area contributed by atoms with E-state index in [9.17, 15) is 9.59 Å². The van der Waals surface area contributed by atoms with Crippen LogP contribution in [0.15, 0.2) is 12.2 Å². The highest BCUT2D eigenvalue weighted by molar-refractivity contribution is 5.69. The molecule has 2 rings (SSSR count). The number of fused-ring (bicyclic) bond motifs is 2. The number of amides is 1. The summed E-state index contributed by atoms with van der Waals surface area (Å²) in [6, 6.07) is 0. The summed E-state index contributed by atoms with van der Waals surface area (Å²) in [5.41, 5.74) is -0.499. The van der Waals surface area contributed by atoms with Gasteiger partial charge in [-0.1, -0.05) is 12.2 Å². The van der Waals surface area contributed by atoms with E-state index >= 15 is 0 Å². The van der Waals surface area contributed by atoms with Gasteiger partial charge in [0.2, 0.25) is 0 Å². The molecule has 1 unspecified atom stereocenters. The number of piperidine rings is 1. The molecule has 3 atom stereocenters. The van der Waals surface area contributed by atoms with Gasteiger partial charge in [0.05, 0.1) is 0 Å².